The molecule has 2 aromatic rings. The van der Waals surface area contributed by atoms with Crippen molar-refractivity contribution in [2.45, 2.75) is 63.5 Å². The standard InChI is InChI=1S/C29H37NO4/c1-20(2)22-11-8-21(9-12-22)10-15-27(31)30-18-17-29(32)16-6-5-7-24(29)28(30)23-13-14-25(33-3)26(19-23)34-4/h8-15,19-20,24,28,32H,5-7,16-18H2,1-4H3/b15-10+/t24?,28-,29?/m0/s1. The van der Waals surface area contributed by atoms with Crippen LogP contribution < -0.4 is 9.47 Å². The predicted molar refractivity (Wildman–Crippen MR) is 135 cm³/mol. The maximum Gasteiger partial charge on any atom is 0.247 e. The van der Waals surface area contributed by atoms with Crippen LogP contribution in [0, 0.1) is 5.92 Å². The molecule has 4 rings (SSSR count). The first-order valence-electron chi connectivity index (χ1n) is 12.4. The van der Waals surface area contributed by atoms with Crippen LogP contribution in [0.25, 0.3) is 6.08 Å². The van der Waals surface area contributed by atoms with E-state index >= 15 is 0 Å². The van der Waals surface area contributed by atoms with Crippen molar-refractivity contribution in [3.63, 3.8) is 0 Å². The van der Waals surface area contributed by atoms with E-state index in [0.29, 0.717) is 30.4 Å². The van der Waals surface area contributed by atoms with Gasteiger partial charge in [-0.15, -0.1) is 0 Å². The fourth-order valence-corrected chi connectivity index (χ4v) is 5.63. The summed E-state index contributed by atoms with van der Waals surface area (Å²) in [5.41, 5.74) is 2.53. The van der Waals surface area contributed by atoms with Crippen LogP contribution in [0.3, 0.4) is 0 Å². The summed E-state index contributed by atoms with van der Waals surface area (Å²) < 4.78 is 11.0. The molecule has 182 valence electrons. The topological polar surface area (TPSA) is 59.0 Å². The Morgan fingerprint density at radius 1 is 1.06 bits per heavy atom. The van der Waals surface area contributed by atoms with Crippen molar-refractivity contribution < 1.29 is 19.4 Å². The average molecular weight is 464 g/mol. The van der Waals surface area contributed by atoms with Crippen molar-refractivity contribution >= 4 is 12.0 Å². The minimum atomic E-state index is -0.733. The van der Waals surface area contributed by atoms with Crippen molar-refractivity contribution in [3.8, 4) is 11.5 Å². The molecule has 1 aliphatic heterocycles. The summed E-state index contributed by atoms with van der Waals surface area (Å²) in [7, 11) is 3.24. The number of benzene rings is 2. The number of fused-ring (bicyclic) bond motifs is 1. The van der Waals surface area contributed by atoms with E-state index in [1.54, 1.807) is 20.3 Å². The molecule has 0 bridgehead atoms. The molecular weight excluding hydrogens is 426 g/mol. The second kappa shape index (κ2) is 10.2. The van der Waals surface area contributed by atoms with Crippen LogP contribution in [0.2, 0.25) is 0 Å². The predicted octanol–water partition coefficient (Wildman–Crippen LogP) is 5.74. The summed E-state index contributed by atoms with van der Waals surface area (Å²) in [5, 5.41) is 11.5. The average Bonchev–Trinajstić information content (AvgIpc) is 2.86. The monoisotopic (exact) mass is 463 g/mol. The summed E-state index contributed by atoms with van der Waals surface area (Å²) in [5.74, 6) is 1.74. The smallest absolute Gasteiger partial charge is 0.247 e. The quantitative estimate of drug-likeness (QED) is 0.556. The number of carbonyl (C=O) groups is 1. The maximum absolute atomic E-state index is 13.5. The second-order valence-corrected chi connectivity index (χ2v) is 9.95. The lowest BCUT2D eigenvalue weighted by atomic mass is 9.66. The Bertz CT molecular complexity index is 1030. The van der Waals surface area contributed by atoms with E-state index in [0.717, 1.165) is 36.8 Å². The largest absolute Gasteiger partial charge is 0.493 e. The first kappa shape index (κ1) is 24.3. The molecule has 2 aromatic carbocycles. The molecule has 2 fully saturated rings. The molecule has 34 heavy (non-hydrogen) atoms. The van der Waals surface area contributed by atoms with E-state index in [9.17, 15) is 9.90 Å². The van der Waals surface area contributed by atoms with Crippen molar-refractivity contribution in [1.29, 1.82) is 0 Å². The van der Waals surface area contributed by atoms with Gasteiger partial charge < -0.3 is 19.5 Å². The highest BCUT2D eigenvalue weighted by molar-refractivity contribution is 5.92. The molecule has 1 heterocycles. The Hall–Kier alpha value is -2.79. The zero-order valence-electron chi connectivity index (χ0n) is 20.8. The van der Waals surface area contributed by atoms with Gasteiger partial charge in [-0.05, 0) is 60.1 Å². The highest BCUT2D eigenvalue weighted by atomic mass is 16.5. The van der Waals surface area contributed by atoms with Gasteiger partial charge in [0.1, 0.15) is 0 Å². The third-order valence-electron chi connectivity index (χ3n) is 7.62. The highest BCUT2D eigenvalue weighted by Crippen LogP contribution is 2.50. The zero-order valence-corrected chi connectivity index (χ0v) is 20.8. The van der Waals surface area contributed by atoms with Gasteiger partial charge in [0.15, 0.2) is 11.5 Å². The number of methoxy groups -OCH3 is 2. The Morgan fingerprint density at radius 3 is 2.47 bits per heavy atom. The molecule has 0 spiro atoms. The number of rotatable bonds is 6. The second-order valence-electron chi connectivity index (χ2n) is 9.95. The summed E-state index contributed by atoms with van der Waals surface area (Å²) >= 11 is 0. The van der Waals surface area contributed by atoms with E-state index in [-0.39, 0.29) is 17.9 Å². The number of hydrogen-bond donors (Lipinski definition) is 1. The van der Waals surface area contributed by atoms with Crippen LogP contribution in [0.1, 0.15) is 74.6 Å². The van der Waals surface area contributed by atoms with Gasteiger partial charge in [0.2, 0.25) is 5.91 Å². The Labute approximate surface area is 203 Å². The van der Waals surface area contributed by atoms with E-state index in [1.807, 2.05) is 29.2 Å². The molecule has 0 aromatic heterocycles. The molecule has 0 radical (unpaired) electrons. The maximum atomic E-state index is 13.5. The van der Waals surface area contributed by atoms with Gasteiger partial charge in [-0.3, -0.25) is 4.79 Å². The van der Waals surface area contributed by atoms with Crippen molar-refractivity contribution in [1.82, 2.24) is 4.90 Å². The number of amides is 1. The van der Waals surface area contributed by atoms with Crippen LogP contribution in [0.5, 0.6) is 11.5 Å². The molecule has 1 N–H and O–H groups in total. The Morgan fingerprint density at radius 2 is 1.79 bits per heavy atom. The van der Waals surface area contributed by atoms with Gasteiger partial charge in [-0.2, -0.15) is 0 Å². The number of ether oxygens (including phenoxy) is 2. The molecular formula is C29H37NO4. The lowest BCUT2D eigenvalue weighted by Crippen LogP contribution is -2.56. The number of hydrogen-bond acceptors (Lipinski definition) is 4. The van der Waals surface area contributed by atoms with Gasteiger partial charge in [-0.1, -0.05) is 57.0 Å². The normalized spacial score (nSPS) is 24.8. The Kier molecular flexibility index (Phi) is 7.32. The molecule has 2 aliphatic rings. The van der Waals surface area contributed by atoms with E-state index in [1.165, 1.54) is 5.56 Å². The fourth-order valence-electron chi connectivity index (χ4n) is 5.63. The molecule has 3 atom stereocenters. The van der Waals surface area contributed by atoms with E-state index in [2.05, 4.69) is 38.1 Å². The molecule has 1 aliphatic carbocycles. The van der Waals surface area contributed by atoms with Crippen LogP contribution >= 0.6 is 0 Å². The van der Waals surface area contributed by atoms with Gasteiger partial charge in [-0.25, -0.2) is 0 Å². The van der Waals surface area contributed by atoms with Crippen LogP contribution in [0.4, 0.5) is 0 Å². The first-order chi connectivity index (χ1) is 16.4. The van der Waals surface area contributed by atoms with Gasteiger partial charge in [0.25, 0.3) is 0 Å². The third-order valence-corrected chi connectivity index (χ3v) is 7.62. The number of likely N-dealkylation sites (tertiary alicyclic amines) is 1. The zero-order chi connectivity index (χ0) is 24.3. The summed E-state index contributed by atoms with van der Waals surface area (Å²) in [6.45, 7) is 4.87. The van der Waals surface area contributed by atoms with Crippen molar-refractivity contribution in [2.24, 2.45) is 5.92 Å². The Balaban J connectivity index is 1.65. The fraction of sp³-hybridized carbons (Fsp3) is 0.483. The van der Waals surface area contributed by atoms with Gasteiger partial charge in [0, 0.05) is 18.5 Å². The number of piperidine rings is 1. The van der Waals surface area contributed by atoms with Crippen molar-refractivity contribution in [2.75, 3.05) is 20.8 Å². The van der Waals surface area contributed by atoms with Gasteiger partial charge in [0.05, 0.1) is 25.9 Å². The minimum absolute atomic E-state index is 0.00391. The highest BCUT2D eigenvalue weighted by Gasteiger charge is 2.50. The molecule has 5 heteroatoms. The van der Waals surface area contributed by atoms with Crippen LogP contribution in [-0.2, 0) is 4.79 Å². The van der Waals surface area contributed by atoms with Crippen molar-refractivity contribution in [3.05, 3.63) is 65.2 Å². The number of aliphatic hydroxyl groups is 1. The minimum Gasteiger partial charge on any atom is -0.493 e. The number of carbonyl (C=O) groups excluding carboxylic acids is 1. The summed E-state index contributed by atoms with van der Waals surface area (Å²) in [6.07, 6.45) is 7.97. The van der Waals surface area contributed by atoms with Crippen LogP contribution in [0.15, 0.2) is 48.5 Å². The lowest BCUT2D eigenvalue weighted by molar-refractivity contribution is -0.150. The first-order valence-corrected chi connectivity index (χ1v) is 12.4. The molecule has 1 amide bonds. The van der Waals surface area contributed by atoms with E-state index < -0.39 is 5.60 Å². The lowest BCUT2D eigenvalue weighted by Gasteiger charge is -2.52. The third kappa shape index (κ3) is 4.85. The molecule has 1 saturated carbocycles. The molecule has 1 saturated heterocycles. The molecule has 5 nitrogen and oxygen atoms in total. The number of nitrogens with zero attached hydrogens (tertiary/aromatic N) is 1. The van der Waals surface area contributed by atoms with Gasteiger partial charge >= 0.3 is 0 Å². The molecule has 2 unspecified atom stereocenters. The van der Waals surface area contributed by atoms with E-state index in [4.69, 9.17) is 9.47 Å². The van der Waals surface area contributed by atoms with Crippen LogP contribution in [-0.4, -0.2) is 42.3 Å². The summed E-state index contributed by atoms with van der Waals surface area (Å²) in [4.78, 5) is 15.4. The summed E-state index contributed by atoms with van der Waals surface area (Å²) in [6, 6.07) is 14.0. The SMILES string of the molecule is COc1ccc([C@H]2C3CCCCC3(O)CCN2C(=O)/C=C/c2ccc(C(C)C)cc2)cc1OC.